The van der Waals surface area contributed by atoms with E-state index in [-0.39, 0.29) is 0 Å². The van der Waals surface area contributed by atoms with Gasteiger partial charge in [0.25, 0.3) is 0 Å². The second-order valence-electron chi connectivity index (χ2n) is 5.25. The Bertz CT molecular complexity index is 1050. The molecule has 0 atom stereocenters. The lowest BCUT2D eigenvalue weighted by Crippen LogP contribution is -1.84. The van der Waals surface area contributed by atoms with Gasteiger partial charge in [-0.05, 0) is 18.2 Å². The summed E-state index contributed by atoms with van der Waals surface area (Å²) in [6, 6.07) is 15.8. The summed E-state index contributed by atoms with van der Waals surface area (Å²) in [6.45, 7) is 0. The number of thiazole rings is 1. The summed E-state index contributed by atoms with van der Waals surface area (Å²) in [7, 11) is 0. The Labute approximate surface area is 147 Å². The van der Waals surface area contributed by atoms with Crippen molar-refractivity contribution in [2.75, 3.05) is 0 Å². The molecule has 0 spiro atoms. The standard InChI is InChI=1S/C19H12N4OS/c20-10-14(19-22-16(12-25-19)17-7-4-8-24-17)9-15-11-21-23-18(15)13-5-2-1-3-6-13/h1-9,11-12H,(H,21,23)/b14-9-. The van der Waals surface area contributed by atoms with E-state index in [1.807, 2.05) is 47.8 Å². The first-order valence-corrected chi connectivity index (χ1v) is 8.43. The molecule has 0 radical (unpaired) electrons. The van der Waals surface area contributed by atoms with Crippen LogP contribution in [-0.4, -0.2) is 15.2 Å². The summed E-state index contributed by atoms with van der Waals surface area (Å²) in [4.78, 5) is 4.51. The molecule has 4 aromatic rings. The molecule has 0 saturated carbocycles. The molecule has 0 fully saturated rings. The number of benzene rings is 1. The lowest BCUT2D eigenvalue weighted by Gasteiger charge is -2.00. The highest BCUT2D eigenvalue weighted by molar-refractivity contribution is 7.11. The molecule has 120 valence electrons. The van der Waals surface area contributed by atoms with Crippen molar-refractivity contribution in [3.8, 4) is 28.8 Å². The molecular weight excluding hydrogens is 332 g/mol. The fourth-order valence-electron chi connectivity index (χ4n) is 2.47. The van der Waals surface area contributed by atoms with Crippen LogP contribution < -0.4 is 0 Å². The number of hydrogen-bond donors (Lipinski definition) is 1. The quantitative estimate of drug-likeness (QED) is 0.536. The van der Waals surface area contributed by atoms with E-state index in [4.69, 9.17) is 4.42 Å². The van der Waals surface area contributed by atoms with Gasteiger partial charge in [-0.2, -0.15) is 10.4 Å². The van der Waals surface area contributed by atoms with Crippen molar-refractivity contribution >= 4 is 23.0 Å². The van der Waals surface area contributed by atoms with Crippen LogP contribution in [0.15, 0.2) is 64.7 Å². The predicted octanol–water partition coefficient (Wildman–Crippen LogP) is 4.86. The number of nitrogens with one attached hydrogen (secondary N) is 1. The van der Waals surface area contributed by atoms with E-state index >= 15 is 0 Å². The summed E-state index contributed by atoms with van der Waals surface area (Å²) in [6.07, 6.45) is 5.12. The molecule has 1 N–H and O–H groups in total. The molecule has 0 unspecified atom stereocenters. The molecule has 0 aliphatic rings. The third-order valence-corrected chi connectivity index (χ3v) is 4.54. The summed E-state index contributed by atoms with van der Waals surface area (Å²) in [5.41, 5.74) is 3.94. The van der Waals surface area contributed by atoms with E-state index in [2.05, 4.69) is 21.3 Å². The van der Waals surface area contributed by atoms with Crippen LogP contribution in [-0.2, 0) is 0 Å². The fraction of sp³-hybridized carbons (Fsp3) is 0. The van der Waals surface area contributed by atoms with Gasteiger partial charge in [-0.25, -0.2) is 4.98 Å². The van der Waals surface area contributed by atoms with Gasteiger partial charge in [-0.1, -0.05) is 30.3 Å². The smallest absolute Gasteiger partial charge is 0.153 e. The van der Waals surface area contributed by atoms with E-state index in [0.717, 1.165) is 22.5 Å². The number of furan rings is 1. The third kappa shape index (κ3) is 3.01. The van der Waals surface area contributed by atoms with Crippen LogP contribution >= 0.6 is 11.3 Å². The number of aromatic amines is 1. The Kier molecular flexibility index (Phi) is 3.99. The highest BCUT2D eigenvalue weighted by Crippen LogP contribution is 2.29. The van der Waals surface area contributed by atoms with Crippen LogP contribution in [0.5, 0.6) is 0 Å². The zero-order valence-electron chi connectivity index (χ0n) is 13.0. The minimum absolute atomic E-state index is 0.487. The third-order valence-electron chi connectivity index (χ3n) is 3.66. The molecule has 0 aliphatic heterocycles. The summed E-state index contributed by atoms with van der Waals surface area (Å²) >= 11 is 1.41. The Morgan fingerprint density at radius 2 is 2.08 bits per heavy atom. The van der Waals surface area contributed by atoms with Crippen molar-refractivity contribution < 1.29 is 4.42 Å². The van der Waals surface area contributed by atoms with E-state index < -0.39 is 0 Å². The normalized spacial score (nSPS) is 11.4. The zero-order valence-corrected chi connectivity index (χ0v) is 13.8. The van der Waals surface area contributed by atoms with Crippen molar-refractivity contribution in [3.63, 3.8) is 0 Å². The SMILES string of the molecule is N#C/C(=C/c1cn[nH]c1-c1ccccc1)c1nc(-c2ccco2)cs1. The molecule has 6 heteroatoms. The summed E-state index contributed by atoms with van der Waals surface area (Å²) < 4.78 is 5.36. The molecule has 5 nitrogen and oxygen atoms in total. The average Bonchev–Trinajstić information content (AvgIpc) is 3.41. The number of rotatable bonds is 4. The van der Waals surface area contributed by atoms with Gasteiger partial charge in [0.15, 0.2) is 5.76 Å². The number of nitrogens with zero attached hydrogens (tertiary/aromatic N) is 3. The van der Waals surface area contributed by atoms with Gasteiger partial charge in [0.2, 0.25) is 0 Å². The molecule has 0 saturated heterocycles. The van der Waals surface area contributed by atoms with Crippen molar-refractivity contribution in [2.24, 2.45) is 0 Å². The monoisotopic (exact) mass is 344 g/mol. The van der Waals surface area contributed by atoms with Gasteiger partial charge in [-0.3, -0.25) is 5.10 Å². The Morgan fingerprint density at radius 1 is 1.20 bits per heavy atom. The molecule has 3 aromatic heterocycles. The molecule has 25 heavy (non-hydrogen) atoms. The number of allylic oxidation sites excluding steroid dienone is 1. The number of nitriles is 1. The van der Waals surface area contributed by atoms with Crippen LogP contribution in [0.1, 0.15) is 10.6 Å². The highest BCUT2D eigenvalue weighted by Gasteiger charge is 2.12. The van der Waals surface area contributed by atoms with Gasteiger partial charge < -0.3 is 4.42 Å². The minimum Gasteiger partial charge on any atom is -0.463 e. The zero-order chi connectivity index (χ0) is 17.1. The lowest BCUT2D eigenvalue weighted by atomic mass is 10.1. The van der Waals surface area contributed by atoms with Gasteiger partial charge in [-0.15, -0.1) is 11.3 Å². The maximum absolute atomic E-state index is 9.57. The second kappa shape index (κ2) is 6.59. The van der Waals surface area contributed by atoms with E-state index in [0.29, 0.717) is 16.3 Å². The van der Waals surface area contributed by atoms with Crippen molar-refractivity contribution in [2.45, 2.75) is 0 Å². The second-order valence-corrected chi connectivity index (χ2v) is 6.11. The maximum atomic E-state index is 9.57. The fourth-order valence-corrected chi connectivity index (χ4v) is 3.25. The first-order chi connectivity index (χ1) is 12.3. The van der Waals surface area contributed by atoms with Gasteiger partial charge in [0, 0.05) is 16.5 Å². The maximum Gasteiger partial charge on any atom is 0.153 e. The Hall–Kier alpha value is -3.43. The van der Waals surface area contributed by atoms with E-state index in [1.165, 1.54) is 11.3 Å². The number of H-pyrrole nitrogens is 1. The highest BCUT2D eigenvalue weighted by atomic mass is 32.1. The molecule has 0 bridgehead atoms. The number of aromatic nitrogens is 3. The lowest BCUT2D eigenvalue weighted by molar-refractivity contribution is 0.580. The number of hydrogen-bond acceptors (Lipinski definition) is 5. The first-order valence-electron chi connectivity index (χ1n) is 7.55. The van der Waals surface area contributed by atoms with Crippen LogP contribution in [0.25, 0.3) is 34.4 Å². The topological polar surface area (TPSA) is 78.5 Å². The summed E-state index contributed by atoms with van der Waals surface area (Å²) in [5, 5.41) is 19.2. The molecule has 4 rings (SSSR count). The van der Waals surface area contributed by atoms with Gasteiger partial charge >= 0.3 is 0 Å². The largest absolute Gasteiger partial charge is 0.463 e. The van der Waals surface area contributed by atoms with Gasteiger partial charge in [0.05, 0.1) is 23.7 Å². The van der Waals surface area contributed by atoms with Crippen LogP contribution in [0.4, 0.5) is 0 Å². The molecule has 0 amide bonds. The van der Waals surface area contributed by atoms with Crippen molar-refractivity contribution in [3.05, 3.63) is 70.9 Å². The minimum atomic E-state index is 0.487. The van der Waals surface area contributed by atoms with E-state index in [1.54, 1.807) is 18.5 Å². The molecule has 3 heterocycles. The van der Waals surface area contributed by atoms with E-state index in [9.17, 15) is 5.26 Å². The average molecular weight is 344 g/mol. The Balaban J connectivity index is 1.71. The predicted molar refractivity (Wildman–Crippen MR) is 97.3 cm³/mol. The molecular formula is C19H12N4OS. The van der Waals surface area contributed by atoms with Crippen molar-refractivity contribution in [1.82, 2.24) is 15.2 Å². The molecule has 1 aromatic carbocycles. The first kappa shape index (κ1) is 15.1. The summed E-state index contributed by atoms with van der Waals surface area (Å²) in [5.74, 6) is 0.688. The Morgan fingerprint density at radius 3 is 2.84 bits per heavy atom. The van der Waals surface area contributed by atoms with Crippen LogP contribution in [0, 0.1) is 11.3 Å². The molecule has 0 aliphatic carbocycles. The van der Waals surface area contributed by atoms with Gasteiger partial charge in [0.1, 0.15) is 16.8 Å². The van der Waals surface area contributed by atoms with Crippen molar-refractivity contribution in [1.29, 1.82) is 5.26 Å². The van der Waals surface area contributed by atoms with Crippen LogP contribution in [0.2, 0.25) is 0 Å². The van der Waals surface area contributed by atoms with Crippen LogP contribution in [0.3, 0.4) is 0 Å².